The fraction of sp³-hybridized carbons (Fsp3) is 0.300. The third-order valence-corrected chi connectivity index (χ3v) is 2.13. The third kappa shape index (κ3) is 1.30. The van der Waals surface area contributed by atoms with Crippen molar-refractivity contribution < 1.29 is 4.39 Å². The van der Waals surface area contributed by atoms with Crippen molar-refractivity contribution in [2.24, 2.45) is 0 Å². The second kappa shape index (κ2) is 2.83. The molecular weight excluding hydrogens is 167 g/mol. The smallest absolute Gasteiger partial charge is 0.139 e. The third-order valence-electron chi connectivity index (χ3n) is 2.13. The standard InChI is InChI=1S/C10H11FN2/c1-7(2)8-6-13-4-3-12-10(13)5-9(8)11/h3-7H,1-2H3. The average Bonchev–Trinajstić information content (AvgIpc) is 2.48. The highest BCUT2D eigenvalue weighted by Crippen LogP contribution is 2.19. The molecule has 3 heteroatoms. The van der Waals surface area contributed by atoms with E-state index < -0.39 is 0 Å². The van der Waals surface area contributed by atoms with Crippen molar-refractivity contribution in [3.63, 3.8) is 0 Å². The van der Waals surface area contributed by atoms with Crippen LogP contribution in [-0.2, 0) is 0 Å². The van der Waals surface area contributed by atoms with Gasteiger partial charge in [-0.3, -0.25) is 0 Å². The maximum absolute atomic E-state index is 13.4. The molecule has 0 saturated heterocycles. The van der Waals surface area contributed by atoms with Gasteiger partial charge in [0.25, 0.3) is 0 Å². The van der Waals surface area contributed by atoms with Gasteiger partial charge in [-0.1, -0.05) is 13.8 Å². The van der Waals surface area contributed by atoms with Gasteiger partial charge < -0.3 is 4.40 Å². The Balaban J connectivity index is 2.69. The molecule has 0 radical (unpaired) electrons. The molecule has 0 aliphatic rings. The number of fused-ring (bicyclic) bond motifs is 1. The van der Waals surface area contributed by atoms with E-state index in [0.717, 1.165) is 5.56 Å². The Morgan fingerprint density at radius 3 is 2.92 bits per heavy atom. The van der Waals surface area contributed by atoms with Gasteiger partial charge >= 0.3 is 0 Å². The van der Waals surface area contributed by atoms with Gasteiger partial charge in [0.1, 0.15) is 11.5 Å². The first-order valence-corrected chi connectivity index (χ1v) is 4.30. The first-order chi connectivity index (χ1) is 6.18. The highest BCUT2D eigenvalue weighted by molar-refractivity contribution is 5.41. The van der Waals surface area contributed by atoms with E-state index in [9.17, 15) is 4.39 Å². The molecule has 0 amide bonds. The zero-order valence-electron chi connectivity index (χ0n) is 7.66. The largest absolute Gasteiger partial charge is 0.307 e. The van der Waals surface area contributed by atoms with Gasteiger partial charge in [0.15, 0.2) is 0 Å². The quantitative estimate of drug-likeness (QED) is 0.656. The van der Waals surface area contributed by atoms with Crippen molar-refractivity contribution in [2.75, 3.05) is 0 Å². The van der Waals surface area contributed by atoms with Crippen LogP contribution in [0.1, 0.15) is 25.3 Å². The topological polar surface area (TPSA) is 17.3 Å². The summed E-state index contributed by atoms with van der Waals surface area (Å²) >= 11 is 0. The Hall–Kier alpha value is -1.38. The molecule has 2 rings (SSSR count). The Labute approximate surface area is 76.0 Å². The minimum atomic E-state index is -0.172. The van der Waals surface area contributed by atoms with Crippen LogP contribution in [0, 0.1) is 5.82 Å². The summed E-state index contributed by atoms with van der Waals surface area (Å²) in [6.45, 7) is 3.95. The predicted octanol–water partition coefficient (Wildman–Crippen LogP) is 2.60. The summed E-state index contributed by atoms with van der Waals surface area (Å²) in [5, 5.41) is 0. The fourth-order valence-corrected chi connectivity index (χ4v) is 1.38. The van der Waals surface area contributed by atoms with Crippen molar-refractivity contribution >= 4 is 5.65 Å². The lowest BCUT2D eigenvalue weighted by Gasteiger charge is -2.07. The van der Waals surface area contributed by atoms with Crippen molar-refractivity contribution in [1.29, 1.82) is 0 Å². The van der Waals surface area contributed by atoms with E-state index in [1.165, 1.54) is 6.07 Å². The molecule has 2 aromatic rings. The van der Waals surface area contributed by atoms with Crippen LogP contribution in [0.3, 0.4) is 0 Å². The number of imidazole rings is 1. The van der Waals surface area contributed by atoms with Crippen LogP contribution in [-0.4, -0.2) is 9.38 Å². The molecule has 0 aromatic carbocycles. The van der Waals surface area contributed by atoms with Crippen LogP contribution < -0.4 is 0 Å². The van der Waals surface area contributed by atoms with Crippen LogP contribution in [0.25, 0.3) is 5.65 Å². The zero-order chi connectivity index (χ0) is 9.42. The maximum Gasteiger partial charge on any atom is 0.139 e. The molecule has 0 aliphatic carbocycles. The van der Waals surface area contributed by atoms with Gasteiger partial charge in [-0.2, -0.15) is 0 Å². The van der Waals surface area contributed by atoms with Crippen molar-refractivity contribution in [1.82, 2.24) is 9.38 Å². The highest BCUT2D eigenvalue weighted by Gasteiger charge is 2.08. The Morgan fingerprint density at radius 2 is 2.23 bits per heavy atom. The zero-order valence-corrected chi connectivity index (χ0v) is 7.66. The van der Waals surface area contributed by atoms with Crippen molar-refractivity contribution in [3.05, 3.63) is 36.0 Å². The van der Waals surface area contributed by atoms with E-state index >= 15 is 0 Å². The van der Waals surface area contributed by atoms with E-state index in [0.29, 0.717) is 5.65 Å². The normalized spacial score (nSPS) is 11.4. The minimum absolute atomic E-state index is 0.172. The maximum atomic E-state index is 13.4. The molecule has 2 aromatic heterocycles. The molecular formula is C10H11FN2. The minimum Gasteiger partial charge on any atom is -0.307 e. The summed E-state index contributed by atoms with van der Waals surface area (Å²) in [5.41, 5.74) is 1.38. The summed E-state index contributed by atoms with van der Waals surface area (Å²) in [6.07, 6.45) is 5.28. The first kappa shape index (κ1) is 8.23. The van der Waals surface area contributed by atoms with Crippen LogP contribution in [0.4, 0.5) is 4.39 Å². The van der Waals surface area contributed by atoms with E-state index in [1.807, 2.05) is 24.4 Å². The fourth-order valence-electron chi connectivity index (χ4n) is 1.38. The predicted molar refractivity (Wildman–Crippen MR) is 49.2 cm³/mol. The summed E-state index contributed by atoms with van der Waals surface area (Å²) in [7, 11) is 0. The Morgan fingerprint density at radius 1 is 1.46 bits per heavy atom. The molecule has 0 spiro atoms. The molecule has 0 unspecified atom stereocenters. The van der Waals surface area contributed by atoms with E-state index in [1.54, 1.807) is 12.4 Å². The number of nitrogens with zero attached hydrogens (tertiary/aromatic N) is 2. The number of pyridine rings is 1. The van der Waals surface area contributed by atoms with E-state index in [4.69, 9.17) is 0 Å². The van der Waals surface area contributed by atoms with Gasteiger partial charge in [0.2, 0.25) is 0 Å². The number of hydrogen-bond donors (Lipinski definition) is 0. The number of rotatable bonds is 1. The summed E-state index contributed by atoms with van der Waals surface area (Å²) < 4.78 is 15.2. The highest BCUT2D eigenvalue weighted by atomic mass is 19.1. The average molecular weight is 178 g/mol. The molecule has 0 bridgehead atoms. The van der Waals surface area contributed by atoms with Gasteiger partial charge in [-0.15, -0.1) is 0 Å². The molecule has 0 N–H and O–H groups in total. The first-order valence-electron chi connectivity index (χ1n) is 4.30. The number of hydrogen-bond acceptors (Lipinski definition) is 1. The lowest BCUT2D eigenvalue weighted by atomic mass is 10.1. The van der Waals surface area contributed by atoms with Crippen LogP contribution in [0.15, 0.2) is 24.7 Å². The Kier molecular flexibility index (Phi) is 1.79. The van der Waals surface area contributed by atoms with Gasteiger partial charge in [-0.25, -0.2) is 9.37 Å². The lowest BCUT2D eigenvalue weighted by Crippen LogP contribution is -1.96. The monoisotopic (exact) mass is 178 g/mol. The molecule has 0 aliphatic heterocycles. The van der Waals surface area contributed by atoms with Gasteiger partial charge in [0.05, 0.1) is 0 Å². The summed E-state index contributed by atoms with van der Waals surface area (Å²) in [5.74, 6) is 0.0282. The van der Waals surface area contributed by atoms with Crippen LogP contribution >= 0.6 is 0 Å². The number of halogens is 1. The van der Waals surface area contributed by atoms with E-state index in [-0.39, 0.29) is 11.7 Å². The molecule has 2 heterocycles. The van der Waals surface area contributed by atoms with Crippen LogP contribution in [0.2, 0.25) is 0 Å². The molecule has 0 saturated carbocycles. The van der Waals surface area contributed by atoms with E-state index in [2.05, 4.69) is 4.98 Å². The molecule has 0 fully saturated rings. The van der Waals surface area contributed by atoms with Crippen LogP contribution in [0.5, 0.6) is 0 Å². The Bertz CT molecular complexity index is 431. The van der Waals surface area contributed by atoms with Gasteiger partial charge in [0, 0.05) is 30.2 Å². The summed E-state index contributed by atoms with van der Waals surface area (Å²) in [4.78, 5) is 4.00. The second-order valence-electron chi connectivity index (χ2n) is 3.42. The summed E-state index contributed by atoms with van der Waals surface area (Å²) in [6, 6.07) is 1.47. The van der Waals surface area contributed by atoms with Crippen molar-refractivity contribution in [3.8, 4) is 0 Å². The SMILES string of the molecule is CC(C)c1cn2ccnc2cc1F. The number of aromatic nitrogens is 2. The van der Waals surface area contributed by atoms with Crippen molar-refractivity contribution in [2.45, 2.75) is 19.8 Å². The molecule has 0 atom stereocenters. The second-order valence-corrected chi connectivity index (χ2v) is 3.42. The van der Waals surface area contributed by atoms with Gasteiger partial charge in [-0.05, 0) is 5.92 Å². The molecule has 13 heavy (non-hydrogen) atoms. The molecule has 68 valence electrons. The lowest BCUT2D eigenvalue weighted by molar-refractivity contribution is 0.595. The molecule has 2 nitrogen and oxygen atoms in total.